The number of benzene rings is 1. The van der Waals surface area contributed by atoms with Gasteiger partial charge in [0, 0.05) is 18.2 Å². The highest BCUT2D eigenvalue weighted by Crippen LogP contribution is 2.04. The topological polar surface area (TPSA) is 43.2 Å². The minimum atomic E-state index is -0.291. The first-order valence-electron chi connectivity index (χ1n) is 5.91. The second-order valence-electron chi connectivity index (χ2n) is 3.99. The molecular weight excluding hydrogens is 243 g/mol. The fraction of sp³-hybridized carbons (Fsp3) is 0.0667. The van der Waals surface area contributed by atoms with Crippen molar-refractivity contribution in [1.29, 1.82) is 0 Å². The fourth-order valence-electron chi connectivity index (χ4n) is 1.53. The molecule has 1 amide bonds. The molecule has 0 aliphatic carbocycles. The summed E-state index contributed by atoms with van der Waals surface area (Å²) in [6, 6.07) is 11.6. The van der Waals surface area contributed by atoms with Crippen LogP contribution in [0.25, 0.3) is 6.08 Å². The van der Waals surface area contributed by atoms with Gasteiger partial charge in [-0.25, -0.2) is 9.37 Å². The van der Waals surface area contributed by atoms with Crippen LogP contribution >= 0.6 is 0 Å². The molecule has 1 aromatic carbocycles. The van der Waals surface area contributed by atoms with Crippen molar-refractivity contribution in [3.63, 3.8) is 0 Å². The van der Waals surface area contributed by atoms with E-state index >= 15 is 0 Å². The summed E-state index contributed by atoms with van der Waals surface area (Å²) in [6.45, 7) is 0.438. The van der Waals surface area contributed by atoms with Crippen LogP contribution in [-0.2, 0) is 11.3 Å². The van der Waals surface area contributed by atoms with E-state index in [1.165, 1.54) is 18.2 Å². The first-order valence-corrected chi connectivity index (χ1v) is 5.91. The van der Waals surface area contributed by atoms with Gasteiger partial charge in [-0.15, -0.1) is 0 Å². The molecule has 0 saturated heterocycles. The van der Waals surface area contributed by atoms with E-state index in [4.69, 9.17) is 0 Å². The van der Waals surface area contributed by atoms with Crippen molar-refractivity contribution in [3.8, 4) is 0 Å². The number of halogens is 1. The van der Waals surface area contributed by atoms with Gasteiger partial charge in [0.15, 0.2) is 11.9 Å². The van der Waals surface area contributed by atoms with Gasteiger partial charge in [0.05, 0.1) is 0 Å². The van der Waals surface area contributed by atoms with Crippen LogP contribution in [0.15, 0.2) is 54.7 Å². The van der Waals surface area contributed by atoms with E-state index in [0.29, 0.717) is 6.54 Å². The molecule has 0 fully saturated rings. The molecule has 0 radical (unpaired) electrons. The summed E-state index contributed by atoms with van der Waals surface area (Å²) < 4.78 is 12.7. The van der Waals surface area contributed by atoms with E-state index < -0.39 is 0 Å². The number of aromatic amines is 1. The third-order valence-electron chi connectivity index (χ3n) is 2.52. The van der Waals surface area contributed by atoms with Crippen LogP contribution in [0.2, 0.25) is 0 Å². The summed E-state index contributed by atoms with van der Waals surface area (Å²) in [7, 11) is 0. The van der Waals surface area contributed by atoms with Crippen molar-refractivity contribution in [2.75, 3.05) is 0 Å². The number of rotatable bonds is 4. The van der Waals surface area contributed by atoms with Gasteiger partial charge in [-0.3, -0.25) is 4.79 Å². The van der Waals surface area contributed by atoms with Crippen molar-refractivity contribution >= 4 is 12.0 Å². The maximum Gasteiger partial charge on any atom is 0.244 e. The zero-order valence-electron chi connectivity index (χ0n) is 10.3. The highest BCUT2D eigenvalue weighted by atomic mass is 19.1. The molecule has 1 aromatic heterocycles. The van der Waals surface area contributed by atoms with Crippen molar-refractivity contribution in [2.24, 2.45) is 0 Å². The lowest BCUT2D eigenvalue weighted by molar-refractivity contribution is -0.390. The van der Waals surface area contributed by atoms with Gasteiger partial charge in [-0.05, 0) is 23.8 Å². The molecular formula is C15H14FN2O+. The summed E-state index contributed by atoms with van der Waals surface area (Å²) in [5.74, 6) is -0.484. The van der Waals surface area contributed by atoms with Crippen molar-refractivity contribution in [1.82, 2.24) is 5.32 Å². The number of hydrogen-bond donors (Lipinski definition) is 1. The third kappa shape index (κ3) is 4.35. The van der Waals surface area contributed by atoms with E-state index in [1.54, 1.807) is 24.4 Å². The van der Waals surface area contributed by atoms with E-state index in [9.17, 15) is 9.18 Å². The van der Waals surface area contributed by atoms with Crippen molar-refractivity contribution in [3.05, 3.63) is 71.8 Å². The molecule has 0 saturated carbocycles. The first kappa shape index (κ1) is 13.0. The fourth-order valence-corrected chi connectivity index (χ4v) is 1.53. The average molecular weight is 257 g/mol. The number of carbonyl (C=O) groups excluding carboxylic acids is 1. The Bertz CT molecular complexity index is 564. The minimum Gasteiger partial charge on any atom is -0.342 e. The van der Waals surface area contributed by atoms with E-state index in [1.807, 2.05) is 18.2 Å². The normalized spacial score (nSPS) is 10.6. The maximum atomic E-state index is 12.7. The summed E-state index contributed by atoms with van der Waals surface area (Å²) in [6.07, 6.45) is 4.87. The monoisotopic (exact) mass is 257 g/mol. The van der Waals surface area contributed by atoms with Crippen LogP contribution in [0.1, 0.15) is 11.3 Å². The third-order valence-corrected chi connectivity index (χ3v) is 2.52. The molecule has 3 nitrogen and oxygen atoms in total. The largest absolute Gasteiger partial charge is 0.342 e. The molecule has 19 heavy (non-hydrogen) atoms. The zero-order valence-corrected chi connectivity index (χ0v) is 10.3. The number of nitrogens with one attached hydrogen (secondary N) is 2. The Morgan fingerprint density at radius 2 is 2.00 bits per heavy atom. The molecule has 4 heteroatoms. The minimum absolute atomic E-state index is 0.193. The van der Waals surface area contributed by atoms with Crippen LogP contribution in [0.5, 0.6) is 0 Å². The smallest absolute Gasteiger partial charge is 0.244 e. The molecule has 0 bridgehead atoms. The molecule has 0 aliphatic heterocycles. The Morgan fingerprint density at radius 3 is 2.68 bits per heavy atom. The number of amides is 1. The molecule has 96 valence electrons. The van der Waals surface area contributed by atoms with Gasteiger partial charge in [0.25, 0.3) is 0 Å². The van der Waals surface area contributed by atoms with Crippen LogP contribution in [0.3, 0.4) is 0 Å². The molecule has 0 spiro atoms. The highest BCUT2D eigenvalue weighted by Gasteiger charge is 2.00. The number of H-pyrrole nitrogens is 1. The van der Waals surface area contributed by atoms with Gasteiger partial charge in [-0.2, -0.15) is 0 Å². The van der Waals surface area contributed by atoms with E-state index in [-0.39, 0.29) is 11.7 Å². The molecule has 2 N–H and O–H groups in total. The molecule has 1 heterocycles. The first-order chi connectivity index (χ1) is 9.24. The lowest BCUT2D eigenvalue weighted by atomic mass is 10.2. The van der Waals surface area contributed by atoms with Crippen molar-refractivity contribution in [2.45, 2.75) is 6.54 Å². The van der Waals surface area contributed by atoms with Gasteiger partial charge in [-0.1, -0.05) is 18.2 Å². The Labute approximate surface area is 110 Å². The molecule has 2 rings (SSSR count). The molecule has 0 aliphatic rings. The second kappa shape index (κ2) is 6.44. The van der Waals surface area contributed by atoms with Crippen LogP contribution in [0.4, 0.5) is 4.39 Å². The van der Waals surface area contributed by atoms with Gasteiger partial charge < -0.3 is 5.32 Å². The number of aromatic nitrogens is 1. The molecule has 0 unspecified atom stereocenters. The lowest BCUT2D eigenvalue weighted by Crippen LogP contribution is -2.24. The predicted molar refractivity (Wildman–Crippen MR) is 70.3 cm³/mol. The van der Waals surface area contributed by atoms with E-state index in [2.05, 4.69) is 10.3 Å². The SMILES string of the molecule is O=C(C=Cc1ccc(F)cc1)NCc1cccc[nH+]1. The maximum absolute atomic E-state index is 12.7. The summed E-state index contributed by atoms with van der Waals surface area (Å²) >= 11 is 0. The predicted octanol–water partition coefficient (Wildman–Crippen LogP) is 1.97. The Balaban J connectivity index is 1.86. The Kier molecular flexibility index (Phi) is 4.39. The molecule has 2 aromatic rings. The van der Waals surface area contributed by atoms with Crippen LogP contribution < -0.4 is 10.3 Å². The number of pyridine rings is 1. The Morgan fingerprint density at radius 1 is 1.21 bits per heavy atom. The summed E-state index contributed by atoms with van der Waals surface area (Å²) in [5, 5.41) is 2.75. The van der Waals surface area contributed by atoms with E-state index in [0.717, 1.165) is 11.3 Å². The standard InChI is InChI=1S/C15H13FN2O/c16-13-7-4-12(5-8-13)6-9-15(19)18-11-14-3-1-2-10-17-14/h1-10H,11H2,(H,18,19)/p+1. The zero-order chi connectivity index (χ0) is 13.5. The number of carbonyl (C=O) groups is 1. The van der Waals surface area contributed by atoms with Crippen LogP contribution in [-0.4, -0.2) is 5.91 Å². The highest BCUT2D eigenvalue weighted by molar-refractivity contribution is 5.91. The summed E-state index contributed by atoms with van der Waals surface area (Å²) in [5.41, 5.74) is 1.70. The van der Waals surface area contributed by atoms with Gasteiger partial charge in [0.2, 0.25) is 5.91 Å². The van der Waals surface area contributed by atoms with Gasteiger partial charge >= 0.3 is 0 Å². The lowest BCUT2D eigenvalue weighted by Gasteiger charge is -1.97. The number of hydrogen-bond acceptors (Lipinski definition) is 1. The molecule has 0 atom stereocenters. The second-order valence-corrected chi connectivity index (χ2v) is 3.99. The average Bonchev–Trinajstić information content (AvgIpc) is 2.45. The van der Waals surface area contributed by atoms with Crippen molar-refractivity contribution < 1.29 is 14.2 Å². The summed E-state index contributed by atoms with van der Waals surface area (Å²) in [4.78, 5) is 14.6. The van der Waals surface area contributed by atoms with Crippen LogP contribution in [0, 0.1) is 5.82 Å². The Hall–Kier alpha value is -2.49. The quantitative estimate of drug-likeness (QED) is 0.836. The van der Waals surface area contributed by atoms with Gasteiger partial charge in [0.1, 0.15) is 12.4 Å².